The van der Waals surface area contributed by atoms with Gasteiger partial charge in [0.25, 0.3) is 0 Å². The summed E-state index contributed by atoms with van der Waals surface area (Å²) in [5, 5.41) is 33.5. The molecule has 9 heteroatoms. The van der Waals surface area contributed by atoms with Crippen molar-refractivity contribution in [2.75, 3.05) is 0 Å². The van der Waals surface area contributed by atoms with Gasteiger partial charge in [0, 0.05) is 6.42 Å². The van der Waals surface area contributed by atoms with Crippen molar-refractivity contribution in [3.8, 4) is 11.5 Å². The molecule has 0 aliphatic rings. The van der Waals surface area contributed by atoms with E-state index < -0.39 is 35.9 Å². The van der Waals surface area contributed by atoms with E-state index in [1.54, 1.807) is 24.3 Å². The van der Waals surface area contributed by atoms with Gasteiger partial charge in [-0.15, -0.1) is 0 Å². The van der Waals surface area contributed by atoms with Gasteiger partial charge >= 0.3 is 5.97 Å². The van der Waals surface area contributed by atoms with Crippen LogP contribution in [0.3, 0.4) is 0 Å². The second kappa shape index (κ2) is 11.9. The summed E-state index contributed by atoms with van der Waals surface area (Å²) < 4.78 is 0. The van der Waals surface area contributed by atoms with Crippen molar-refractivity contribution in [1.82, 2.24) is 10.6 Å². The largest absolute Gasteiger partial charge is 0.508 e. The number of carbonyl (C=O) groups excluding carboxylic acids is 2. The number of hydrogen-bond acceptors (Lipinski definition) is 6. The summed E-state index contributed by atoms with van der Waals surface area (Å²) in [4.78, 5) is 37.3. The van der Waals surface area contributed by atoms with Crippen LogP contribution in [0.5, 0.6) is 11.5 Å². The monoisotopic (exact) mass is 457 g/mol. The minimum Gasteiger partial charge on any atom is -0.508 e. The predicted octanol–water partition coefficient (Wildman–Crippen LogP) is 1.31. The number of hydrogen-bond donors (Lipinski definition) is 6. The Hall–Kier alpha value is -3.59. The van der Waals surface area contributed by atoms with E-state index in [0.29, 0.717) is 12.0 Å². The van der Waals surface area contributed by atoms with Gasteiger partial charge < -0.3 is 31.7 Å². The fourth-order valence-corrected chi connectivity index (χ4v) is 3.30. The molecule has 3 atom stereocenters. The lowest BCUT2D eigenvalue weighted by Gasteiger charge is -2.24. The average molecular weight is 458 g/mol. The first-order valence-electron chi connectivity index (χ1n) is 10.7. The molecule has 0 bridgehead atoms. The summed E-state index contributed by atoms with van der Waals surface area (Å²) in [5.41, 5.74) is 7.39. The maximum absolute atomic E-state index is 12.9. The van der Waals surface area contributed by atoms with Crippen LogP contribution in [0.15, 0.2) is 48.5 Å². The number of carboxylic acid groups (broad SMARTS) is 1. The topological polar surface area (TPSA) is 162 Å². The second-order valence-electron chi connectivity index (χ2n) is 8.44. The zero-order valence-electron chi connectivity index (χ0n) is 18.7. The fraction of sp³-hybridized carbons (Fsp3) is 0.375. The van der Waals surface area contributed by atoms with Crippen LogP contribution >= 0.6 is 0 Å². The number of benzene rings is 2. The Labute approximate surface area is 192 Å². The van der Waals surface area contributed by atoms with E-state index in [-0.39, 0.29) is 30.3 Å². The molecule has 0 unspecified atom stereocenters. The van der Waals surface area contributed by atoms with Gasteiger partial charge in [-0.1, -0.05) is 38.1 Å². The van der Waals surface area contributed by atoms with Crippen LogP contribution in [0, 0.1) is 5.92 Å². The first-order chi connectivity index (χ1) is 15.5. The smallest absolute Gasteiger partial charge is 0.326 e. The minimum atomic E-state index is -1.21. The highest BCUT2D eigenvalue weighted by Crippen LogP contribution is 2.13. The minimum absolute atomic E-state index is 0.0179. The van der Waals surface area contributed by atoms with Crippen molar-refractivity contribution in [1.29, 1.82) is 0 Å². The third-order valence-corrected chi connectivity index (χ3v) is 5.06. The first-order valence-corrected chi connectivity index (χ1v) is 10.7. The normalized spacial score (nSPS) is 13.7. The number of carboxylic acids is 1. The Bertz CT molecular complexity index is 944. The standard InChI is InChI=1S/C24H31N3O6/c1-14(2)11-20(26-22(30)19(25)12-15-3-7-17(28)8-4-15)23(31)27-21(24(32)33)13-16-5-9-18(29)10-6-16/h3-10,14,19-21,28-29H,11-13,25H2,1-2H3,(H,26,30)(H,27,31)(H,32,33)/t19-,20-,21-/m0/s1. The van der Waals surface area contributed by atoms with E-state index in [1.165, 1.54) is 24.3 Å². The summed E-state index contributed by atoms with van der Waals surface area (Å²) >= 11 is 0. The van der Waals surface area contributed by atoms with Crippen LogP contribution in [-0.4, -0.2) is 51.2 Å². The third kappa shape index (κ3) is 8.46. The van der Waals surface area contributed by atoms with Crippen molar-refractivity contribution in [2.24, 2.45) is 11.7 Å². The Morgan fingerprint density at radius 3 is 1.70 bits per heavy atom. The van der Waals surface area contributed by atoms with Crippen LogP contribution in [-0.2, 0) is 27.2 Å². The molecule has 7 N–H and O–H groups in total. The summed E-state index contributed by atoms with van der Waals surface area (Å²) in [5.74, 6) is -2.15. The maximum atomic E-state index is 12.9. The van der Waals surface area contributed by atoms with Gasteiger partial charge in [-0.2, -0.15) is 0 Å². The number of aromatic hydroxyl groups is 2. The number of phenolic OH excluding ortho intramolecular Hbond substituents is 2. The highest BCUT2D eigenvalue weighted by molar-refractivity contribution is 5.91. The number of rotatable bonds is 11. The molecule has 0 saturated carbocycles. The molecule has 0 heterocycles. The molecule has 2 aromatic carbocycles. The molecule has 33 heavy (non-hydrogen) atoms. The van der Waals surface area contributed by atoms with Gasteiger partial charge in [0.05, 0.1) is 6.04 Å². The van der Waals surface area contributed by atoms with E-state index >= 15 is 0 Å². The quantitative estimate of drug-likeness (QED) is 0.296. The van der Waals surface area contributed by atoms with E-state index in [9.17, 15) is 29.7 Å². The molecule has 0 spiro atoms. The van der Waals surface area contributed by atoms with Crippen molar-refractivity contribution >= 4 is 17.8 Å². The van der Waals surface area contributed by atoms with Crippen molar-refractivity contribution in [3.63, 3.8) is 0 Å². The summed E-state index contributed by atoms with van der Waals surface area (Å²) in [6.45, 7) is 3.77. The molecular weight excluding hydrogens is 426 g/mol. The van der Waals surface area contributed by atoms with Crippen LogP contribution in [0.1, 0.15) is 31.4 Å². The van der Waals surface area contributed by atoms with Gasteiger partial charge in [0.15, 0.2) is 0 Å². The summed E-state index contributed by atoms with van der Waals surface area (Å²) in [7, 11) is 0. The number of nitrogens with one attached hydrogen (secondary N) is 2. The second-order valence-corrected chi connectivity index (χ2v) is 8.44. The lowest BCUT2D eigenvalue weighted by Crippen LogP contribution is -2.55. The lowest BCUT2D eigenvalue weighted by atomic mass is 10.00. The molecule has 0 aromatic heterocycles. The predicted molar refractivity (Wildman–Crippen MR) is 123 cm³/mol. The van der Waals surface area contributed by atoms with E-state index in [4.69, 9.17) is 5.73 Å². The molecule has 2 amide bonds. The van der Waals surface area contributed by atoms with Crippen molar-refractivity contribution in [2.45, 2.75) is 51.2 Å². The van der Waals surface area contributed by atoms with Gasteiger partial charge in [-0.3, -0.25) is 9.59 Å². The number of carbonyl (C=O) groups is 3. The van der Waals surface area contributed by atoms with Crippen molar-refractivity contribution in [3.05, 3.63) is 59.7 Å². The molecule has 9 nitrogen and oxygen atoms in total. The van der Waals surface area contributed by atoms with E-state index in [1.807, 2.05) is 13.8 Å². The van der Waals surface area contributed by atoms with Gasteiger partial charge in [0.1, 0.15) is 23.6 Å². The van der Waals surface area contributed by atoms with Crippen LogP contribution in [0.4, 0.5) is 0 Å². The van der Waals surface area contributed by atoms with E-state index in [2.05, 4.69) is 10.6 Å². The van der Waals surface area contributed by atoms with Crippen LogP contribution in [0.25, 0.3) is 0 Å². The zero-order chi connectivity index (χ0) is 24.5. The van der Waals surface area contributed by atoms with Crippen LogP contribution < -0.4 is 16.4 Å². The highest BCUT2D eigenvalue weighted by Gasteiger charge is 2.28. The van der Waals surface area contributed by atoms with Crippen LogP contribution in [0.2, 0.25) is 0 Å². The molecule has 0 saturated heterocycles. The van der Waals surface area contributed by atoms with E-state index in [0.717, 1.165) is 5.56 Å². The lowest BCUT2D eigenvalue weighted by molar-refractivity contribution is -0.142. The molecular formula is C24H31N3O6. The summed E-state index contributed by atoms with van der Waals surface area (Å²) in [6.07, 6.45) is 0.528. The van der Waals surface area contributed by atoms with Crippen molar-refractivity contribution < 1.29 is 29.7 Å². The van der Waals surface area contributed by atoms with Gasteiger partial charge in [-0.25, -0.2) is 4.79 Å². The number of phenols is 2. The Kier molecular flexibility index (Phi) is 9.23. The number of amides is 2. The Morgan fingerprint density at radius 2 is 1.24 bits per heavy atom. The molecule has 2 rings (SSSR count). The maximum Gasteiger partial charge on any atom is 0.326 e. The highest BCUT2D eigenvalue weighted by atomic mass is 16.4. The molecule has 0 radical (unpaired) electrons. The number of nitrogens with two attached hydrogens (primary N) is 1. The molecule has 2 aromatic rings. The molecule has 0 aliphatic heterocycles. The number of aliphatic carboxylic acids is 1. The molecule has 0 fully saturated rings. The fourth-order valence-electron chi connectivity index (χ4n) is 3.30. The zero-order valence-corrected chi connectivity index (χ0v) is 18.7. The average Bonchev–Trinajstić information content (AvgIpc) is 2.75. The third-order valence-electron chi connectivity index (χ3n) is 5.06. The first kappa shape index (κ1) is 25.7. The van der Waals surface area contributed by atoms with Gasteiger partial charge in [0.2, 0.25) is 11.8 Å². The summed E-state index contributed by atoms with van der Waals surface area (Å²) in [6, 6.07) is 9.24. The Morgan fingerprint density at radius 1 is 0.788 bits per heavy atom. The molecule has 178 valence electrons. The van der Waals surface area contributed by atoms with Gasteiger partial charge in [-0.05, 0) is 54.2 Å². The molecule has 0 aliphatic carbocycles. The SMILES string of the molecule is CC(C)C[C@H](NC(=O)[C@@H](N)Cc1ccc(O)cc1)C(=O)N[C@@H](Cc1ccc(O)cc1)C(=O)O. The Balaban J connectivity index is 2.05.